The zero-order valence-corrected chi connectivity index (χ0v) is 11.4. The lowest BCUT2D eigenvalue weighted by molar-refractivity contribution is -0.137. The summed E-state index contributed by atoms with van der Waals surface area (Å²) in [6.07, 6.45) is -2.07. The molecule has 0 aliphatic carbocycles. The molecule has 1 N–H and O–H groups in total. The third-order valence-corrected chi connectivity index (χ3v) is 3.94. The van der Waals surface area contributed by atoms with Crippen molar-refractivity contribution < 1.29 is 13.2 Å². The molecule has 1 saturated heterocycles. The largest absolute Gasteiger partial charge is 0.416 e. The Morgan fingerprint density at radius 3 is 2.52 bits per heavy atom. The lowest BCUT2D eigenvalue weighted by Gasteiger charge is -2.14. The average molecular weight is 299 g/mol. The van der Waals surface area contributed by atoms with Gasteiger partial charge in [-0.15, -0.1) is 0 Å². The number of fused-ring (bicyclic) bond motifs is 1. The molecule has 2 aromatic rings. The van der Waals surface area contributed by atoms with Crippen molar-refractivity contribution in [3.8, 4) is 0 Å². The Bertz CT molecular complexity index is 696. The van der Waals surface area contributed by atoms with E-state index >= 15 is 0 Å². The maximum Gasteiger partial charge on any atom is 0.416 e. The Kier molecular flexibility index (Phi) is 3.52. The molecular weight excluding hydrogens is 283 g/mol. The molecule has 0 bridgehead atoms. The molecule has 0 atom stereocenters. The molecular formula is C14H16F3N3O. The van der Waals surface area contributed by atoms with E-state index in [4.69, 9.17) is 0 Å². The Morgan fingerprint density at radius 2 is 1.86 bits per heavy atom. The third-order valence-electron chi connectivity index (χ3n) is 3.94. The number of nitrogens with one attached hydrogen (secondary N) is 1. The van der Waals surface area contributed by atoms with Crippen molar-refractivity contribution in [2.75, 3.05) is 19.6 Å². The van der Waals surface area contributed by atoms with Gasteiger partial charge in [0.2, 0.25) is 0 Å². The van der Waals surface area contributed by atoms with Gasteiger partial charge in [-0.25, -0.2) is 4.79 Å². The van der Waals surface area contributed by atoms with Crippen molar-refractivity contribution in [1.29, 1.82) is 0 Å². The number of aromatic amines is 1. The Morgan fingerprint density at radius 1 is 1.14 bits per heavy atom. The molecule has 1 aliphatic rings. The molecule has 21 heavy (non-hydrogen) atoms. The van der Waals surface area contributed by atoms with Gasteiger partial charge in [0.15, 0.2) is 0 Å². The number of rotatable bonds is 3. The first-order valence-corrected chi connectivity index (χ1v) is 6.97. The molecule has 0 unspecified atom stereocenters. The van der Waals surface area contributed by atoms with Crippen LogP contribution >= 0.6 is 0 Å². The first kappa shape index (κ1) is 14.2. The van der Waals surface area contributed by atoms with Crippen molar-refractivity contribution in [1.82, 2.24) is 14.5 Å². The highest BCUT2D eigenvalue weighted by atomic mass is 19.4. The summed E-state index contributed by atoms with van der Waals surface area (Å²) < 4.78 is 39.5. The number of nitrogens with zero attached hydrogens (tertiary/aromatic N) is 2. The number of alkyl halides is 3. The lowest BCUT2D eigenvalue weighted by atomic mass is 10.2. The maximum atomic E-state index is 12.7. The monoisotopic (exact) mass is 299 g/mol. The normalized spacial score (nSPS) is 16.9. The van der Waals surface area contributed by atoms with E-state index < -0.39 is 11.7 Å². The van der Waals surface area contributed by atoms with Gasteiger partial charge in [0.05, 0.1) is 16.6 Å². The van der Waals surface area contributed by atoms with Gasteiger partial charge in [0, 0.05) is 13.1 Å². The zero-order valence-electron chi connectivity index (χ0n) is 11.4. The Balaban J connectivity index is 1.88. The highest BCUT2D eigenvalue weighted by Crippen LogP contribution is 2.30. The van der Waals surface area contributed by atoms with Gasteiger partial charge >= 0.3 is 11.9 Å². The highest BCUT2D eigenvalue weighted by molar-refractivity contribution is 5.76. The van der Waals surface area contributed by atoms with Crippen LogP contribution in [-0.4, -0.2) is 34.1 Å². The van der Waals surface area contributed by atoms with Gasteiger partial charge in [-0.1, -0.05) is 0 Å². The second-order valence-electron chi connectivity index (χ2n) is 5.36. The fourth-order valence-electron chi connectivity index (χ4n) is 2.81. The fourth-order valence-corrected chi connectivity index (χ4v) is 2.81. The van der Waals surface area contributed by atoms with E-state index in [9.17, 15) is 18.0 Å². The molecule has 1 aliphatic heterocycles. The minimum atomic E-state index is -4.40. The van der Waals surface area contributed by atoms with Gasteiger partial charge in [-0.2, -0.15) is 13.2 Å². The fraction of sp³-hybridized carbons (Fsp3) is 0.500. The summed E-state index contributed by atoms with van der Waals surface area (Å²) in [5, 5.41) is 0. The first-order valence-electron chi connectivity index (χ1n) is 6.97. The number of imidazole rings is 1. The van der Waals surface area contributed by atoms with E-state index in [1.807, 2.05) is 0 Å². The van der Waals surface area contributed by atoms with Crippen LogP contribution in [0, 0.1) is 0 Å². The van der Waals surface area contributed by atoms with E-state index in [0.717, 1.165) is 44.6 Å². The lowest BCUT2D eigenvalue weighted by Crippen LogP contribution is -2.28. The SMILES string of the molecule is O=c1[nH]c2cc(C(F)(F)F)ccc2n1CCN1CCCC1. The molecule has 0 radical (unpaired) electrons. The number of likely N-dealkylation sites (tertiary alicyclic amines) is 1. The molecule has 0 amide bonds. The first-order chi connectivity index (χ1) is 9.95. The zero-order chi connectivity index (χ0) is 15.0. The summed E-state index contributed by atoms with van der Waals surface area (Å²) >= 11 is 0. The topological polar surface area (TPSA) is 41.0 Å². The van der Waals surface area contributed by atoms with E-state index in [2.05, 4.69) is 9.88 Å². The number of hydrogen-bond acceptors (Lipinski definition) is 2. The molecule has 2 heterocycles. The summed E-state index contributed by atoms with van der Waals surface area (Å²) in [5.41, 5.74) is -0.352. The van der Waals surface area contributed by atoms with E-state index in [-0.39, 0.29) is 11.2 Å². The van der Waals surface area contributed by atoms with Crippen molar-refractivity contribution >= 4 is 11.0 Å². The van der Waals surface area contributed by atoms with Crippen LogP contribution in [-0.2, 0) is 12.7 Å². The quantitative estimate of drug-likeness (QED) is 0.946. The van der Waals surface area contributed by atoms with Crippen LogP contribution in [0.3, 0.4) is 0 Å². The number of halogens is 3. The number of benzene rings is 1. The third kappa shape index (κ3) is 2.83. The minimum Gasteiger partial charge on any atom is -0.306 e. The maximum absolute atomic E-state index is 12.7. The highest BCUT2D eigenvalue weighted by Gasteiger charge is 2.30. The van der Waals surface area contributed by atoms with Crippen molar-refractivity contribution in [3.05, 3.63) is 34.2 Å². The minimum absolute atomic E-state index is 0.233. The number of hydrogen-bond donors (Lipinski definition) is 1. The molecule has 114 valence electrons. The molecule has 1 fully saturated rings. The van der Waals surface area contributed by atoms with Crippen LogP contribution in [0.2, 0.25) is 0 Å². The molecule has 4 nitrogen and oxygen atoms in total. The van der Waals surface area contributed by atoms with E-state index in [1.165, 1.54) is 10.6 Å². The average Bonchev–Trinajstić information content (AvgIpc) is 3.01. The van der Waals surface area contributed by atoms with Crippen LogP contribution in [0.4, 0.5) is 13.2 Å². The Hall–Kier alpha value is -1.76. The second-order valence-corrected chi connectivity index (χ2v) is 5.36. The van der Waals surface area contributed by atoms with Gasteiger partial charge < -0.3 is 9.88 Å². The van der Waals surface area contributed by atoms with Crippen LogP contribution in [0.1, 0.15) is 18.4 Å². The van der Waals surface area contributed by atoms with Crippen LogP contribution in [0.5, 0.6) is 0 Å². The van der Waals surface area contributed by atoms with Crippen molar-refractivity contribution in [3.63, 3.8) is 0 Å². The van der Waals surface area contributed by atoms with E-state index in [1.54, 1.807) is 0 Å². The van der Waals surface area contributed by atoms with Gasteiger partial charge in [0.1, 0.15) is 0 Å². The summed E-state index contributed by atoms with van der Waals surface area (Å²) in [6, 6.07) is 3.37. The molecule has 3 rings (SSSR count). The summed E-state index contributed by atoms with van der Waals surface area (Å²) in [4.78, 5) is 16.7. The van der Waals surface area contributed by atoms with Crippen molar-refractivity contribution in [2.24, 2.45) is 0 Å². The van der Waals surface area contributed by atoms with Gasteiger partial charge in [-0.3, -0.25) is 4.57 Å². The van der Waals surface area contributed by atoms with Crippen LogP contribution in [0.15, 0.2) is 23.0 Å². The van der Waals surface area contributed by atoms with Crippen LogP contribution < -0.4 is 5.69 Å². The number of H-pyrrole nitrogens is 1. The Labute approximate surface area is 119 Å². The molecule has 1 aromatic heterocycles. The molecule has 0 spiro atoms. The predicted octanol–water partition coefficient (Wildman–Crippen LogP) is 2.44. The summed E-state index contributed by atoms with van der Waals surface area (Å²) in [6.45, 7) is 3.28. The van der Waals surface area contributed by atoms with Crippen molar-refractivity contribution in [2.45, 2.75) is 25.6 Å². The van der Waals surface area contributed by atoms with E-state index in [0.29, 0.717) is 12.1 Å². The molecule has 0 saturated carbocycles. The number of aromatic nitrogens is 2. The second kappa shape index (κ2) is 5.22. The standard InChI is InChI=1S/C14H16F3N3O/c15-14(16,17)10-3-4-12-11(9-10)18-13(21)20(12)8-7-19-5-1-2-6-19/h3-4,9H,1-2,5-8H2,(H,18,21). The predicted molar refractivity (Wildman–Crippen MR) is 73.2 cm³/mol. The summed E-state index contributed by atoms with van der Waals surface area (Å²) in [5.74, 6) is 0. The van der Waals surface area contributed by atoms with Crippen LogP contribution in [0.25, 0.3) is 11.0 Å². The molecule has 1 aromatic carbocycles. The molecule has 7 heteroatoms. The van der Waals surface area contributed by atoms with Gasteiger partial charge in [0.25, 0.3) is 0 Å². The van der Waals surface area contributed by atoms with Gasteiger partial charge in [-0.05, 0) is 44.1 Å². The smallest absolute Gasteiger partial charge is 0.306 e. The summed E-state index contributed by atoms with van der Waals surface area (Å²) in [7, 11) is 0.